The Kier molecular flexibility index (Phi) is 5.75. The van der Waals surface area contributed by atoms with Gasteiger partial charge < -0.3 is 5.32 Å². The van der Waals surface area contributed by atoms with Crippen LogP contribution in [0.15, 0.2) is 66.7 Å². The Bertz CT molecular complexity index is 1030. The lowest BCUT2D eigenvalue weighted by Crippen LogP contribution is -2.14. The van der Waals surface area contributed by atoms with Crippen LogP contribution >= 0.6 is 23.2 Å². The second-order valence-corrected chi connectivity index (χ2v) is 6.63. The summed E-state index contributed by atoms with van der Waals surface area (Å²) in [5, 5.41) is 12.7. The Labute approximate surface area is 166 Å². The van der Waals surface area contributed by atoms with Gasteiger partial charge in [0.15, 0.2) is 0 Å². The van der Waals surface area contributed by atoms with Crippen molar-refractivity contribution in [1.29, 1.82) is 5.26 Å². The first-order chi connectivity index (χ1) is 13.0. The molecule has 0 radical (unpaired) electrons. The van der Waals surface area contributed by atoms with Crippen molar-refractivity contribution < 1.29 is 9.18 Å². The fraction of sp³-hybridized carbons (Fsp3) is 0.0476. The summed E-state index contributed by atoms with van der Waals surface area (Å²) in [4.78, 5) is 12.3. The molecular weight excluding hydrogens is 386 g/mol. The zero-order valence-electron chi connectivity index (χ0n) is 13.9. The van der Waals surface area contributed by atoms with Crippen molar-refractivity contribution in [3.05, 3.63) is 99.3 Å². The molecule has 0 aliphatic heterocycles. The summed E-state index contributed by atoms with van der Waals surface area (Å²) >= 11 is 12.2. The van der Waals surface area contributed by atoms with E-state index in [9.17, 15) is 14.4 Å². The molecule has 27 heavy (non-hydrogen) atoms. The number of carbonyl (C=O) groups is 1. The monoisotopic (exact) mass is 398 g/mol. The summed E-state index contributed by atoms with van der Waals surface area (Å²) in [5.74, 6) is -1.85. The molecule has 0 saturated carbocycles. The van der Waals surface area contributed by atoms with E-state index in [0.29, 0.717) is 16.3 Å². The van der Waals surface area contributed by atoms with Gasteiger partial charge in [-0.3, -0.25) is 4.79 Å². The Hall–Kier alpha value is -2.87. The molecule has 3 aromatic rings. The molecule has 0 aliphatic carbocycles. The van der Waals surface area contributed by atoms with E-state index in [4.69, 9.17) is 23.2 Å². The second-order valence-electron chi connectivity index (χ2n) is 5.79. The highest BCUT2D eigenvalue weighted by molar-refractivity contribution is 6.32. The molecule has 0 spiro atoms. The van der Waals surface area contributed by atoms with Gasteiger partial charge in [0.05, 0.1) is 17.6 Å². The largest absolute Gasteiger partial charge is 0.322 e. The van der Waals surface area contributed by atoms with Crippen molar-refractivity contribution in [3.8, 4) is 6.07 Å². The minimum atomic E-state index is -0.673. The smallest absolute Gasteiger partial charge is 0.258 e. The molecule has 0 bridgehead atoms. The standard InChI is InChI=1S/C21H13Cl2FN2O/c22-14-6-9-20(24)17(10-14)21(27)26-15-7-8-16(19(23)11-15)18(12-25)13-4-2-1-3-5-13/h1-11,18H,(H,26,27). The Morgan fingerprint density at radius 2 is 1.78 bits per heavy atom. The maximum atomic E-state index is 13.8. The van der Waals surface area contributed by atoms with E-state index >= 15 is 0 Å². The summed E-state index contributed by atoms with van der Waals surface area (Å²) in [6.45, 7) is 0. The molecule has 3 rings (SSSR count). The highest BCUT2D eigenvalue weighted by Gasteiger charge is 2.18. The lowest BCUT2D eigenvalue weighted by atomic mass is 9.92. The van der Waals surface area contributed by atoms with Crippen LogP contribution in [0.25, 0.3) is 0 Å². The van der Waals surface area contributed by atoms with Gasteiger partial charge in [-0.25, -0.2) is 4.39 Å². The molecule has 1 N–H and O–H groups in total. The third-order valence-electron chi connectivity index (χ3n) is 4.00. The van der Waals surface area contributed by atoms with E-state index in [-0.39, 0.29) is 10.6 Å². The van der Waals surface area contributed by atoms with E-state index in [1.807, 2.05) is 30.3 Å². The molecule has 1 atom stereocenters. The molecule has 134 valence electrons. The summed E-state index contributed by atoms with van der Waals surface area (Å²) in [6.07, 6.45) is 0. The Morgan fingerprint density at radius 3 is 2.44 bits per heavy atom. The van der Waals surface area contributed by atoms with Gasteiger partial charge in [-0.1, -0.05) is 59.6 Å². The van der Waals surface area contributed by atoms with Crippen LogP contribution < -0.4 is 5.32 Å². The van der Waals surface area contributed by atoms with Gasteiger partial charge in [0.2, 0.25) is 0 Å². The Morgan fingerprint density at radius 1 is 1.04 bits per heavy atom. The summed E-state index contributed by atoms with van der Waals surface area (Å²) in [5.41, 5.74) is 1.66. The molecule has 0 aromatic heterocycles. The zero-order chi connectivity index (χ0) is 19.4. The van der Waals surface area contributed by atoms with Gasteiger partial charge in [-0.05, 0) is 41.5 Å². The van der Waals surface area contributed by atoms with Crippen molar-refractivity contribution >= 4 is 34.8 Å². The van der Waals surface area contributed by atoms with Crippen LogP contribution in [0.1, 0.15) is 27.4 Å². The molecule has 3 nitrogen and oxygen atoms in total. The number of nitriles is 1. The minimum absolute atomic E-state index is 0.165. The maximum Gasteiger partial charge on any atom is 0.258 e. The molecule has 0 fully saturated rings. The number of carbonyl (C=O) groups excluding carboxylic acids is 1. The van der Waals surface area contributed by atoms with Gasteiger partial charge >= 0.3 is 0 Å². The summed E-state index contributed by atoms with van der Waals surface area (Å²) in [6, 6.07) is 20.1. The Balaban J connectivity index is 1.86. The number of hydrogen-bond acceptors (Lipinski definition) is 2. The van der Waals surface area contributed by atoms with E-state index < -0.39 is 17.6 Å². The van der Waals surface area contributed by atoms with Crippen LogP contribution in [0, 0.1) is 17.1 Å². The van der Waals surface area contributed by atoms with Crippen LogP contribution in [-0.2, 0) is 0 Å². The minimum Gasteiger partial charge on any atom is -0.322 e. The van der Waals surface area contributed by atoms with E-state index in [1.165, 1.54) is 18.2 Å². The lowest BCUT2D eigenvalue weighted by molar-refractivity contribution is 0.102. The van der Waals surface area contributed by atoms with Gasteiger partial charge in [0.25, 0.3) is 5.91 Å². The van der Waals surface area contributed by atoms with Gasteiger partial charge in [0, 0.05) is 15.7 Å². The number of halogens is 3. The topological polar surface area (TPSA) is 52.9 Å². The number of anilines is 1. The summed E-state index contributed by atoms with van der Waals surface area (Å²) in [7, 11) is 0. The van der Waals surface area contributed by atoms with Crippen molar-refractivity contribution in [3.63, 3.8) is 0 Å². The average molecular weight is 399 g/mol. The van der Waals surface area contributed by atoms with Crippen molar-refractivity contribution in [2.75, 3.05) is 5.32 Å². The predicted octanol–water partition coefficient (Wildman–Crippen LogP) is 6.04. The fourth-order valence-corrected chi connectivity index (χ4v) is 3.14. The maximum absolute atomic E-state index is 13.8. The third-order valence-corrected chi connectivity index (χ3v) is 4.57. The lowest BCUT2D eigenvalue weighted by Gasteiger charge is -2.14. The quantitative estimate of drug-likeness (QED) is 0.582. The van der Waals surface area contributed by atoms with Gasteiger partial charge in [-0.2, -0.15) is 5.26 Å². The number of rotatable bonds is 4. The molecule has 6 heteroatoms. The average Bonchev–Trinajstić information content (AvgIpc) is 2.66. The highest BCUT2D eigenvalue weighted by atomic mass is 35.5. The molecule has 0 saturated heterocycles. The van der Waals surface area contributed by atoms with Crippen LogP contribution in [0.4, 0.5) is 10.1 Å². The van der Waals surface area contributed by atoms with Gasteiger partial charge in [-0.15, -0.1) is 0 Å². The van der Waals surface area contributed by atoms with Crippen molar-refractivity contribution in [2.24, 2.45) is 0 Å². The first kappa shape index (κ1) is 18.9. The molecule has 0 aliphatic rings. The van der Waals surface area contributed by atoms with E-state index in [0.717, 1.165) is 11.6 Å². The zero-order valence-corrected chi connectivity index (χ0v) is 15.4. The predicted molar refractivity (Wildman–Crippen MR) is 105 cm³/mol. The number of amides is 1. The normalized spacial score (nSPS) is 11.5. The van der Waals surface area contributed by atoms with E-state index in [1.54, 1.807) is 12.1 Å². The van der Waals surface area contributed by atoms with Crippen LogP contribution in [-0.4, -0.2) is 5.91 Å². The highest BCUT2D eigenvalue weighted by Crippen LogP contribution is 2.32. The third kappa shape index (κ3) is 4.28. The molecule has 3 aromatic carbocycles. The first-order valence-electron chi connectivity index (χ1n) is 8.00. The number of hydrogen-bond donors (Lipinski definition) is 1. The first-order valence-corrected chi connectivity index (χ1v) is 8.75. The van der Waals surface area contributed by atoms with E-state index in [2.05, 4.69) is 11.4 Å². The molecule has 0 heterocycles. The number of nitrogens with zero attached hydrogens (tertiary/aromatic N) is 1. The number of nitrogens with one attached hydrogen (secondary N) is 1. The van der Waals surface area contributed by atoms with Gasteiger partial charge in [0.1, 0.15) is 5.82 Å². The molecule has 1 amide bonds. The number of benzene rings is 3. The van der Waals surface area contributed by atoms with Crippen LogP contribution in [0.3, 0.4) is 0 Å². The van der Waals surface area contributed by atoms with Crippen molar-refractivity contribution in [2.45, 2.75) is 5.92 Å². The SMILES string of the molecule is N#CC(c1ccccc1)c1ccc(NC(=O)c2cc(Cl)ccc2F)cc1Cl. The van der Waals surface area contributed by atoms with Crippen molar-refractivity contribution in [1.82, 2.24) is 0 Å². The second kappa shape index (κ2) is 8.22. The summed E-state index contributed by atoms with van der Waals surface area (Å²) < 4.78 is 13.8. The molecule has 1 unspecified atom stereocenters. The fourth-order valence-electron chi connectivity index (χ4n) is 2.68. The van der Waals surface area contributed by atoms with Crippen LogP contribution in [0.5, 0.6) is 0 Å². The molecular formula is C21H13Cl2FN2O. The van der Waals surface area contributed by atoms with Crippen LogP contribution in [0.2, 0.25) is 10.0 Å².